The summed E-state index contributed by atoms with van der Waals surface area (Å²) in [7, 11) is 0. The van der Waals surface area contributed by atoms with Crippen molar-refractivity contribution < 1.29 is 24.2 Å². The van der Waals surface area contributed by atoms with E-state index in [-0.39, 0.29) is 41.1 Å². The first-order chi connectivity index (χ1) is 15.0. The molecule has 5 atom stereocenters. The number of phenols is 1. The van der Waals surface area contributed by atoms with Gasteiger partial charge < -0.3 is 25.2 Å². The van der Waals surface area contributed by atoms with Gasteiger partial charge in [-0.3, -0.25) is 9.59 Å². The Bertz CT molecular complexity index is 964. The third-order valence-electron chi connectivity index (χ3n) is 7.24. The van der Waals surface area contributed by atoms with E-state index in [4.69, 9.17) is 9.47 Å². The summed E-state index contributed by atoms with van der Waals surface area (Å²) in [5, 5.41) is 17.4. The average Bonchev–Trinajstić information content (AvgIpc) is 3.07. The van der Waals surface area contributed by atoms with Crippen LogP contribution in [0.2, 0.25) is 0 Å². The van der Waals surface area contributed by atoms with Crippen molar-refractivity contribution in [3.8, 4) is 11.5 Å². The molecule has 3 N–H and O–H groups in total. The maximum Gasteiger partial charge on any atom is 0.303 e. The molecule has 0 aromatic heterocycles. The topological polar surface area (TPSA) is 96.9 Å². The third-order valence-corrected chi connectivity index (χ3v) is 7.46. The maximum absolute atomic E-state index is 12.2. The molecule has 7 nitrogen and oxygen atoms in total. The summed E-state index contributed by atoms with van der Waals surface area (Å²) in [5.41, 5.74) is 2.89. The number of benzene rings is 1. The first-order valence-electron chi connectivity index (χ1n) is 11.0. The highest BCUT2D eigenvalue weighted by Crippen LogP contribution is 2.62. The number of thiol groups is 1. The van der Waals surface area contributed by atoms with Crippen molar-refractivity contribution in [1.29, 1.82) is 0 Å². The molecule has 5 rings (SSSR count). The fraction of sp³-hybridized carbons (Fsp3) is 0.565. The van der Waals surface area contributed by atoms with Gasteiger partial charge in [0.1, 0.15) is 6.10 Å². The number of nitrogens with one attached hydrogen (secondary N) is 2. The zero-order valence-corrected chi connectivity index (χ0v) is 18.4. The van der Waals surface area contributed by atoms with Gasteiger partial charge in [0.05, 0.1) is 0 Å². The van der Waals surface area contributed by atoms with E-state index in [0.717, 1.165) is 30.5 Å². The Hall–Kier alpha value is -2.19. The number of carbonyl (C=O) groups is 2. The molecule has 8 heteroatoms. The predicted molar refractivity (Wildman–Crippen MR) is 118 cm³/mol. The van der Waals surface area contributed by atoms with Gasteiger partial charge >= 0.3 is 5.97 Å². The highest BCUT2D eigenvalue weighted by molar-refractivity contribution is 7.80. The van der Waals surface area contributed by atoms with Crippen LogP contribution in [0.5, 0.6) is 11.5 Å². The van der Waals surface area contributed by atoms with Gasteiger partial charge in [-0.1, -0.05) is 6.08 Å². The highest BCUT2D eigenvalue weighted by atomic mass is 32.1. The predicted octanol–water partition coefficient (Wildman–Crippen LogP) is 1.41. The monoisotopic (exact) mass is 444 g/mol. The van der Waals surface area contributed by atoms with Gasteiger partial charge in [-0.05, 0) is 49.1 Å². The summed E-state index contributed by atoms with van der Waals surface area (Å²) < 4.78 is 12.0. The molecule has 166 valence electrons. The second-order valence-electron chi connectivity index (χ2n) is 8.89. The Balaban J connectivity index is 1.56. The van der Waals surface area contributed by atoms with Crippen LogP contribution in [0.25, 0.3) is 0 Å². The number of esters is 1. The molecule has 2 unspecified atom stereocenters. The van der Waals surface area contributed by atoms with E-state index in [0.29, 0.717) is 30.9 Å². The minimum absolute atomic E-state index is 0.0175. The second kappa shape index (κ2) is 7.74. The van der Waals surface area contributed by atoms with Gasteiger partial charge in [0.25, 0.3) is 0 Å². The lowest BCUT2D eigenvalue weighted by atomic mass is 9.53. The molecule has 4 aliphatic rings. The number of rotatable bonds is 6. The fourth-order valence-corrected chi connectivity index (χ4v) is 6.28. The van der Waals surface area contributed by atoms with Gasteiger partial charge in [-0.2, -0.15) is 12.6 Å². The minimum Gasteiger partial charge on any atom is -0.504 e. The Kier molecular flexibility index (Phi) is 5.17. The van der Waals surface area contributed by atoms with Crippen LogP contribution in [0.4, 0.5) is 0 Å². The Morgan fingerprint density at radius 1 is 1.42 bits per heavy atom. The van der Waals surface area contributed by atoms with E-state index in [1.54, 1.807) is 6.07 Å². The number of aryl methyl sites for hydroxylation is 1. The van der Waals surface area contributed by atoms with Crippen molar-refractivity contribution in [2.75, 3.05) is 18.8 Å². The van der Waals surface area contributed by atoms with Gasteiger partial charge in [-0.15, -0.1) is 0 Å². The number of piperidine rings is 1. The third kappa shape index (κ3) is 3.14. The van der Waals surface area contributed by atoms with Gasteiger partial charge in [-0.25, -0.2) is 0 Å². The van der Waals surface area contributed by atoms with Crippen molar-refractivity contribution in [2.45, 2.75) is 56.3 Å². The number of carbonyl (C=O) groups excluding carboxylic acids is 2. The molecule has 1 aromatic carbocycles. The molecular weight excluding hydrogens is 416 g/mol. The van der Waals surface area contributed by atoms with Crippen molar-refractivity contribution in [3.63, 3.8) is 0 Å². The summed E-state index contributed by atoms with van der Waals surface area (Å²) in [5.74, 6) is 1.07. The number of amides is 1. The number of hydrogen-bond acceptors (Lipinski definition) is 7. The minimum atomic E-state index is -0.485. The van der Waals surface area contributed by atoms with Crippen LogP contribution in [0.1, 0.15) is 36.5 Å². The fourth-order valence-electron chi connectivity index (χ4n) is 6.17. The standard InChI is InChI=1S/C23H28N2O5S/c1-12(26)29-18-4-3-15-16-11-14-13(2-5-19(28)25-8-9-31)10-17(27)21-20(14)23(15,6-7-24-16)22(18)30-21/h3-4,10,15-16,18,22,24,27,31H,2,5-9,11H2,1H3,(H,25,28)/t15?,16-,18+,22+,23?/m1/s1. The summed E-state index contributed by atoms with van der Waals surface area (Å²) in [4.78, 5) is 23.9. The van der Waals surface area contributed by atoms with Gasteiger partial charge in [0.2, 0.25) is 5.91 Å². The van der Waals surface area contributed by atoms with E-state index in [1.165, 1.54) is 12.5 Å². The number of ether oxygens (including phenoxy) is 2. The van der Waals surface area contributed by atoms with Crippen molar-refractivity contribution >= 4 is 24.5 Å². The zero-order valence-electron chi connectivity index (χ0n) is 17.5. The van der Waals surface area contributed by atoms with Crippen molar-refractivity contribution in [1.82, 2.24) is 10.6 Å². The van der Waals surface area contributed by atoms with E-state index < -0.39 is 6.10 Å². The molecule has 2 heterocycles. The van der Waals surface area contributed by atoms with Gasteiger partial charge in [0, 0.05) is 48.6 Å². The Labute approximate surface area is 187 Å². The summed E-state index contributed by atoms with van der Waals surface area (Å²) in [6, 6.07) is 1.99. The first kappa shape index (κ1) is 20.7. The van der Waals surface area contributed by atoms with E-state index in [1.807, 2.05) is 6.08 Å². The lowest BCUT2D eigenvalue weighted by Crippen LogP contribution is -2.65. The van der Waals surface area contributed by atoms with Crippen LogP contribution >= 0.6 is 12.6 Å². The summed E-state index contributed by atoms with van der Waals surface area (Å²) >= 11 is 4.13. The van der Waals surface area contributed by atoms with Crippen LogP contribution in [0.3, 0.4) is 0 Å². The van der Waals surface area contributed by atoms with Crippen LogP contribution in [0.15, 0.2) is 18.2 Å². The molecule has 2 aliphatic heterocycles. The lowest BCUT2D eigenvalue weighted by molar-refractivity contribution is -0.151. The summed E-state index contributed by atoms with van der Waals surface area (Å²) in [6.07, 6.45) is 5.83. The molecule has 1 fully saturated rings. The van der Waals surface area contributed by atoms with Crippen molar-refractivity contribution in [2.24, 2.45) is 5.92 Å². The van der Waals surface area contributed by atoms with E-state index >= 15 is 0 Å². The molecule has 1 spiro atoms. The quantitative estimate of drug-likeness (QED) is 0.301. The van der Waals surface area contributed by atoms with E-state index in [2.05, 4.69) is 29.3 Å². The average molecular weight is 445 g/mol. The van der Waals surface area contributed by atoms with Crippen molar-refractivity contribution in [3.05, 3.63) is 34.9 Å². The largest absolute Gasteiger partial charge is 0.504 e. The molecule has 0 radical (unpaired) electrons. The molecular formula is C23H28N2O5S. The molecule has 2 aliphatic carbocycles. The maximum atomic E-state index is 12.2. The number of hydrogen-bond donors (Lipinski definition) is 4. The second-order valence-corrected chi connectivity index (χ2v) is 9.34. The van der Waals surface area contributed by atoms with Crippen LogP contribution in [0, 0.1) is 5.92 Å². The van der Waals surface area contributed by atoms with E-state index in [9.17, 15) is 14.7 Å². The highest BCUT2D eigenvalue weighted by Gasteiger charge is 2.64. The zero-order chi connectivity index (χ0) is 21.8. The molecule has 1 saturated heterocycles. The smallest absolute Gasteiger partial charge is 0.303 e. The molecule has 0 saturated carbocycles. The Morgan fingerprint density at radius 3 is 3.03 bits per heavy atom. The molecule has 1 amide bonds. The van der Waals surface area contributed by atoms with Crippen LogP contribution < -0.4 is 15.4 Å². The molecule has 31 heavy (non-hydrogen) atoms. The SMILES string of the molecule is CC(=O)O[C@H]1C=CC2[C@H]3Cc4c(CCC(=O)NCCS)cc(O)c5c4C2(CCN3)[C@H]1O5. The normalized spacial score (nSPS) is 31.5. The van der Waals surface area contributed by atoms with Crippen LogP contribution in [-0.4, -0.2) is 54.1 Å². The number of phenolic OH excluding ortho intramolecular Hbond substituents is 1. The summed E-state index contributed by atoms with van der Waals surface area (Å²) in [6.45, 7) is 2.80. The number of aromatic hydroxyl groups is 1. The molecule has 2 bridgehead atoms. The van der Waals surface area contributed by atoms with Gasteiger partial charge in [0.15, 0.2) is 17.6 Å². The lowest BCUT2D eigenvalue weighted by Gasteiger charge is -2.54. The first-order valence-corrected chi connectivity index (χ1v) is 11.6. The Morgan fingerprint density at radius 2 is 2.26 bits per heavy atom. The molecule has 1 aromatic rings. The van der Waals surface area contributed by atoms with Crippen LogP contribution in [-0.2, 0) is 32.6 Å².